The molecule has 1 fully saturated rings. The third-order valence-electron chi connectivity index (χ3n) is 2.89. The van der Waals surface area contributed by atoms with Crippen LogP contribution < -0.4 is 5.32 Å². The van der Waals surface area contributed by atoms with Crippen molar-refractivity contribution in [3.05, 3.63) is 12.2 Å². The van der Waals surface area contributed by atoms with Crippen LogP contribution in [0.1, 0.15) is 25.6 Å². The van der Waals surface area contributed by atoms with E-state index in [1.54, 1.807) is 11.0 Å². The Hall–Kier alpha value is -0.940. The number of aryl methyl sites for hydroxylation is 1. The van der Waals surface area contributed by atoms with E-state index in [0.717, 1.165) is 31.9 Å². The van der Waals surface area contributed by atoms with Gasteiger partial charge in [-0.05, 0) is 19.8 Å². The predicted octanol–water partition coefficient (Wildman–Crippen LogP) is 0.474. The molecule has 0 saturated carbocycles. The van der Waals surface area contributed by atoms with Crippen LogP contribution in [0.5, 0.6) is 0 Å². The molecule has 1 N–H and O–H groups in total. The van der Waals surface area contributed by atoms with Crippen molar-refractivity contribution < 1.29 is 4.74 Å². The Morgan fingerprint density at radius 3 is 3.13 bits per heavy atom. The fourth-order valence-electron chi connectivity index (χ4n) is 1.90. The van der Waals surface area contributed by atoms with E-state index in [1.165, 1.54) is 6.42 Å². The summed E-state index contributed by atoms with van der Waals surface area (Å²) in [5.74, 6) is 0.955. The summed E-state index contributed by atoms with van der Waals surface area (Å²) < 4.78 is 7.47. The van der Waals surface area contributed by atoms with Crippen LogP contribution in [-0.4, -0.2) is 33.5 Å². The van der Waals surface area contributed by atoms with Crippen LogP contribution in [0.25, 0.3) is 0 Å². The van der Waals surface area contributed by atoms with Gasteiger partial charge in [0.1, 0.15) is 12.2 Å². The largest absolute Gasteiger partial charge is 0.374 e. The van der Waals surface area contributed by atoms with Crippen LogP contribution in [0, 0.1) is 0 Å². The number of nitrogens with one attached hydrogen (secondary N) is 1. The molecule has 1 atom stereocenters. The first-order valence-corrected chi connectivity index (χ1v) is 5.37. The Balaban J connectivity index is 1.77. The molecule has 5 nitrogen and oxygen atoms in total. The summed E-state index contributed by atoms with van der Waals surface area (Å²) in [7, 11) is 1.90. The standard InChI is InChI=1S/C10H18N4O/c1-10(4-3-5-15-10)7-11-6-9-12-8-13-14(9)2/h8,11H,3-7H2,1-2H3. The molecular weight excluding hydrogens is 192 g/mol. The van der Waals surface area contributed by atoms with Gasteiger partial charge in [0.15, 0.2) is 0 Å². The van der Waals surface area contributed by atoms with Crippen LogP contribution in [-0.2, 0) is 18.3 Å². The molecule has 2 heterocycles. The fraction of sp³-hybridized carbons (Fsp3) is 0.800. The Morgan fingerprint density at radius 1 is 1.67 bits per heavy atom. The minimum atomic E-state index is 0.0125. The van der Waals surface area contributed by atoms with Gasteiger partial charge >= 0.3 is 0 Å². The minimum Gasteiger partial charge on any atom is -0.374 e. The normalized spacial score (nSPS) is 26.0. The molecule has 0 amide bonds. The molecule has 1 aliphatic rings. The lowest BCUT2D eigenvalue weighted by molar-refractivity contribution is 0.0205. The van der Waals surface area contributed by atoms with Gasteiger partial charge in [0.25, 0.3) is 0 Å². The highest BCUT2D eigenvalue weighted by Crippen LogP contribution is 2.23. The Kier molecular flexibility index (Phi) is 3.02. The SMILES string of the molecule is Cn1ncnc1CNCC1(C)CCCO1. The van der Waals surface area contributed by atoms with E-state index < -0.39 is 0 Å². The fourth-order valence-corrected chi connectivity index (χ4v) is 1.90. The second-order valence-corrected chi connectivity index (χ2v) is 4.31. The zero-order valence-corrected chi connectivity index (χ0v) is 9.36. The third-order valence-corrected chi connectivity index (χ3v) is 2.89. The number of aromatic nitrogens is 3. The summed E-state index contributed by atoms with van der Waals surface area (Å²) in [5, 5.41) is 7.38. The Labute approximate surface area is 89.8 Å². The first-order valence-electron chi connectivity index (χ1n) is 5.37. The highest BCUT2D eigenvalue weighted by molar-refractivity contribution is 4.86. The van der Waals surface area contributed by atoms with E-state index in [9.17, 15) is 0 Å². The van der Waals surface area contributed by atoms with E-state index in [1.807, 2.05) is 7.05 Å². The zero-order valence-electron chi connectivity index (χ0n) is 9.36. The highest BCUT2D eigenvalue weighted by Gasteiger charge is 2.29. The van der Waals surface area contributed by atoms with Crippen molar-refractivity contribution in [1.82, 2.24) is 20.1 Å². The highest BCUT2D eigenvalue weighted by atomic mass is 16.5. The number of hydrogen-bond acceptors (Lipinski definition) is 4. The van der Waals surface area contributed by atoms with Crippen LogP contribution in [0.4, 0.5) is 0 Å². The average Bonchev–Trinajstić information content (AvgIpc) is 2.78. The van der Waals surface area contributed by atoms with E-state index in [0.29, 0.717) is 0 Å². The van der Waals surface area contributed by atoms with Gasteiger partial charge in [-0.3, -0.25) is 4.68 Å². The first-order chi connectivity index (χ1) is 7.20. The molecule has 0 bridgehead atoms. The van der Waals surface area contributed by atoms with Gasteiger partial charge in [-0.2, -0.15) is 5.10 Å². The lowest BCUT2D eigenvalue weighted by atomic mass is 10.0. The Morgan fingerprint density at radius 2 is 2.53 bits per heavy atom. The number of rotatable bonds is 4. The molecule has 2 rings (SSSR count). The van der Waals surface area contributed by atoms with Crippen molar-refractivity contribution in [2.24, 2.45) is 7.05 Å². The maximum absolute atomic E-state index is 5.68. The first kappa shape index (κ1) is 10.6. The monoisotopic (exact) mass is 210 g/mol. The lowest BCUT2D eigenvalue weighted by Gasteiger charge is -2.23. The van der Waals surface area contributed by atoms with Crippen LogP contribution >= 0.6 is 0 Å². The van der Waals surface area contributed by atoms with Gasteiger partial charge in [0, 0.05) is 20.2 Å². The van der Waals surface area contributed by atoms with Gasteiger partial charge in [-0.15, -0.1) is 0 Å². The van der Waals surface area contributed by atoms with Gasteiger partial charge in [0.05, 0.1) is 12.1 Å². The van der Waals surface area contributed by atoms with Crippen molar-refractivity contribution in [2.75, 3.05) is 13.2 Å². The molecule has 5 heteroatoms. The van der Waals surface area contributed by atoms with Gasteiger partial charge in [-0.1, -0.05) is 0 Å². The van der Waals surface area contributed by atoms with Crippen LogP contribution in [0.2, 0.25) is 0 Å². The van der Waals surface area contributed by atoms with Crippen molar-refractivity contribution >= 4 is 0 Å². The summed E-state index contributed by atoms with van der Waals surface area (Å²) in [6, 6.07) is 0. The molecule has 0 aliphatic carbocycles. The predicted molar refractivity (Wildman–Crippen MR) is 56.3 cm³/mol. The van der Waals surface area contributed by atoms with Crippen LogP contribution in [0.3, 0.4) is 0 Å². The maximum atomic E-state index is 5.68. The van der Waals surface area contributed by atoms with Crippen molar-refractivity contribution in [3.63, 3.8) is 0 Å². The quantitative estimate of drug-likeness (QED) is 0.785. The second kappa shape index (κ2) is 4.28. The van der Waals surface area contributed by atoms with E-state index >= 15 is 0 Å². The number of hydrogen-bond donors (Lipinski definition) is 1. The van der Waals surface area contributed by atoms with E-state index in [4.69, 9.17) is 4.74 Å². The van der Waals surface area contributed by atoms with Gasteiger partial charge < -0.3 is 10.1 Å². The summed E-state index contributed by atoms with van der Waals surface area (Å²) >= 11 is 0. The summed E-state index contributed by atoms with van der Waals surface area (Å²) in [6.45, 7) is 4.67. The summed E-state index contributed by atoms with van der Waals surface area (Å²) in [6.07, 6.45) is 3.88. The zero-order chi connectivity index (χ0) is 10.7. The van der Waals surface area contributed by atoms with Crippen molar-refractivity contribution in [1.29, 1.82) is 0 Å². The third kappa shape index (κ3) is 2.54. The molecule has 84 valence electrons. The molecule has 0 radical (unpaired) electrons. The van der Waals surface area contributed by atoms with Crippen LogP contribution in [0.15, 0.2) is 6.33 Å². The number of ether oxygens (including phenoxy) is 1. The van der Waals surface area contributed by atoms with E-state index in [-0.39, 0.29) is 5.60 Å². The molecule has 1 aromatic heterocycles. The van der Waals surface area contributed by atoms with Crippen molar-refractivity contribution in [2.45, 2.75) is 31.9 Å². The lowest BCUT2D eigenvalue weighted by Crippen LogP contribution is -2.37. The Bertz CT molecular complexity index is 317. The molecule has 1 saturated heterocycles. The number of nitrogens with zero attached hydrogens (tertiary/aromatic N) is 3. The molecular formula is C10H18N4O. The summed E-state index contributed by atoms with van der Waals surface area (Å²) in [4.78, 5) is 4.15. The van der Waals surface area contributed by atoms with Gasteiger partial charge in [-0.25, -0.2) is 4.98 Å². The molecule has 15 heavy (non-hydrogen) atoms. The topological polar surface area (TPSA) is 52.0 Å². The molecule has 0 aromatic carbocycles. The van der Waals surface area contributed by atoms with Crippen molar-refractivity contribution in [3.8, 4) is 0 Å². The smallest absolute Gasteiger partial charge is 0.140 e. The molecule has 1 unspecified atom stereocenters. The molecule has 1 aromatic rings. The summed E-state index contributed by atoms with van der Waals surface area (Å²) in [5.41, 5.74) is 0.0125. The van der Waals surface area contributed by atoms with E-state index in [2.05, 4.69) is 22.3 Å². The molecule has 1 aliphatic heterocycles. The maximum Gasteiger partial charge on any atom is 0.140 e. The van der Waals surface area contributed by atoms with Gasteiger partial charge in [0.2, 0.25) is 0 Å². The molecule has 0 spiro atoms. The second-order valence-electron chi connectivity index (χ2n) is 4.31. The average molecular weight is 210 g/mol. The minimum absolute atomic E-state index is 0.0125.